The zero-order valence-electron chi connectivity index (χ0n) is 18.9. The second kappa shape index (κ2) is 11.0. The molecule has 0 aromatic heterocycles. The van der Waals surface area contributed by atoms with Gasteiger partial charge in [-0.05, 0) is 60.5 Å². The number of nitrogens with one attached hydrogen (secondary N) is 1. The highest BCUT2D eigenvalue weighted by Crippen LogP contribution is 2.26. The van der Waals surface area contributed by atoms with E-state index in [0.717, 1.165) is 17.7 Å². The lowest BCUT2D eigenvalue weighted by atomic mass is 10.1. The Morgan fingerprint density at radius 2 is 1.76 bits per heavy atom. The molecule has 0 radical (unpaired) electrons. The number of carbonyl (C=O) groups excluding carboxylic acids is 2. The first-order valence-corrected chi connectivity index (χ1v) is 11.1. The predicted molar refractivity (Wildman–Crippen MR) is 132 cm³/mol. The summed E-state index contributed by atoms with van der Waals surface area (Å²) < 4.78 is 13.7. The largest absolute Gasteiger partial charge is 0.377 e. The third-order valence-electron chi connectivity index (χ3n) is 5.15. The van der Waals surface area contributed by atoms with E-state index in [1.165, 1.54) is 18.2 Å². The van der Waals surface area contributed by atoms with Crippen molar-refractivity contribution in [2.75, 3.05) is 30.9 Å². The number of amides is 2. The first kappa shape index (κ1) is 24.3. The Hall–Kier alpha value is -3.38. The Bertz CT molecular complexity index is 1150. The maximum absolute atomic E-state index is 13.7. The number of hydrogen-bond acceptors (Lipinski definition) is 3. The molecule has 0 aliphatic carbocycles. The fraction of sp³-hybridized carbons (Fsp3) is 0.231. The van der Waals surface area contributed by atoms with Gasteiger partial charge in [0.15, 0.2) is 0 Å². The van der Waals surface area contributed by atoms with Gasteiger partial charge in [0.05, 0.1) is 10.6 Å². The van der Waals surface area contributed by atoms with Gasteiger partial charge in [-0.2, -0.15) is 0 Å². The minimum atomic E-state index is -0.449. The first-order valence-electron chi connectivity index (χ1n) is 10.7. The summed E-state index contributed by atoms with van der Waals surface area (Å²) in [4.78, 5) is 29.5. The number of nitrogens with zero attached hydrogens (tertiary/aromatic N) is 2. The molecule has 0 fully saturated rings. The van der Waals surface area contributed by atoms with Crippen LogP contribution < -0.4 is 10.2 Å². The van der Waals surface area contributed by atoms with Crippen molar-refractivity contribution in [1.29, 1.82) is 0 Å². The standard InChI is InChI=1S/C26H27ClFN3O2/c1-4-14-31(26(33)18-8-7-9-20(28)15-18)17-19-16-21(12-13-24(19)30(2)3)29-25(32)22-10-5-6-11-23(22)27/h5-13,15-16H,4,14,17H2,1-3H3,(H,29,32). The van der Waals surface area contributed by atoms with Gasteiger partial charge in [0.2, 0.25) is 0 Å². The van der Waals surface area contributed by atoms with Gasteiger partial charge in [0.25, 0.3) is 11.8 Å². The van der Waals surface area contributed by atoms with Crippen LogP contribution in [0.1, 0.15) is 39.6 Å². The lowest BCUT2D eigenvalue weighted by molar-refractivity contribution is 0.0742. The lowest BCUT2D eigenvalue weighted by Gasteiger charge is -2.26. The zero-order chi connectivity index (χ0) is 24.0. The van der Waals surface area contributed by atoms with Crippen molar-refractivity contribution < 1.29 is 14.0 Å². The highest BCUT2D eigenvalue weighted by Gasteiger charge is 2.19. The topological polar surface area (TPSA) is 52.7 Å². The molecule has 0 atom stereocenters. The molecule has 5 nitrogen and oxygen atoms in total. The SMILES string of the molecule is CCCN(Cc1cc(NC(=O)c2ccccc2Cl)ccc1N(C)C)C(=O)c1cccc(F)c1. The van der Waals surface area contributed by atoms with Crippen molar-refractivity contribution in [2.24, 2.45) is 0 Å². The van der Waals surface area contributed by atoms with Gasteiger partial charge < -0.3 is 15.1 Å². The van der Waals surface area contributed by atoms with Gasteiger partial charge >= 0.3 is 0 Å². The Morgan fingerprint density at radius 1 is 1.00 bits per heavy atom. The molecule has 3 aromatic rings. The number of benzene rings is 3. The van der Waals surface area contributed by atoms with Crippen molar-refractivity contribution in [3.63, 3.8) is 0 Å². The summed E-state index contributed by atoms with van der Waals surface area (Å²) in [5, 5.41) is 3.25. The fourth-order valence-corrected chi connectivity index (χ4v) is 3.82. The second-order valence-corrected chi connectivity index (χ2v) is 8.32. The molecule has 1 N–H and O–H groups in total. The number of hydrogen-bond donors (Lipinski definition) is 1. The molecule has 0 heterocycles. The summed E-state index contributed by atoms with van der Waals surface area (Å²) in [6.07, 6.45) is 0.751. The molecule has 0 bridgehead atoms. The number of rotatable bonds is 8. The van der Waals surface area contributed by atoms with Crippen LogP contribution in [-0.4, -0.2) is 37.4 Å². The monoisotopic (exact) mass is 467 g/mol. The van der Waals surface area contributed by atoms with E-state index in [1.54, 1.807) is 35.2 Å². The Kier molecular flexibility index (Phi) is 8.06. The van der Waals surface area contributed by atoms with E-state index in [4.69, 9.17) is 11.6 Å². The molecule has 3 aromatic carbocycles. The van der Waals surface area contributed by atoms with Gasteiger partial charge in [0.1, 0.15) is 5.82 Å². The quantitative estimate of drug-likeness (QED) is 0.452. The van der Waals surface area contributed by atoms with Crippen LogP contribution in [0.5, 0.6) is 0 Å². The first-order chi connectivity index (χ1) is 15.8. The smallest absolute Gasteiger partial charge is 0.257 e. The fourth-order valence-electron chi connectivity index (χ4n) is 3.60. The average Bonchev–Trinajstić information content (AvgIpc) is 2.78. The molecule has 172 valence electrons. The maximum atomic E-state index is 13.7. The van der Waals surface area contributed by atoms with Crippen LogP contribution in [0.25, 0.3) is 0 Å². The molecule has 33 heavy (non-hydrogen) atoms. The zero-order valence-corrected chi connectivity index (χ0v) is 19.7. The van der Waals surface area contributed by atoms with E-state index in [2.05, 4.69) is 5.32 Å². The second-order valence-electron chi connectivity index (χ2n) is 7.91. The minimum absolute atomic E-state index is 0.244. The van der Waals surface area contributed by atoms with Gasteiger partial charge in [-0.25, -0.2) is 4.39 Å². The summed E-state index contributed by atoms with van der Waals surface area (Å²) >= 11 is 6.15. The van der Waals surface area contributed by atoms with Crippen LogP contribution in [0.15, 0.2) is 66.7 Å². The van der Waals surface area contributed by atoms with E-state index >= 15 is 0 Å². The number of carbonyl (C=O) groups is 2. The highest BCUT2D eigenvalue weighted by atomic mass is 35.5. The minimum Gasteiger partial charge on any atom is -0.377 e. The van der Waals surface area contributed by atoms with Crippen LogP contribution in [0, 0.1) is 5.82 Å². The molecule has 0 aliphatic heterocycles. The summed E-state index contributed by atoms with van der Waals surface area (Å²) in [5.74, 6) is -1.01. The molecule has 3 rings (SSSR count). The molecule has 7 heteroatoms. The van der Waals surface area contributed by atoms with Crippen molar-refractivity contribution in [3.8, 4) is 0 Å². The maximum Gasteiger partial charge on any atom is 0.257 e. The van der Waals surface area contributed by atoms with Crippen LogP contribution in [0.4, 0.5) is 15.8 Å². The van der Waals surface area contributed by atoms with E-state index in [9.17, 15) is 14.0 Å². The van der Waals surface area contributed by atoms with Crippen molar-refractivity contribution in [3.05, 3.63) is 94.3 Å². The number of halogens is 2. The van der Waals surface area contributed by atoms with Gasteiger partial charge in [-0.3, -0.25) is 9.59 Å². The summed E-state index contributed by atoms with van der Waals surface area (Å²) in [5.41, 5.74) is 3.05. The molecule has 0 aliphatic rings. The lowest BCUT2D eigenvalue weighted by Crippen LogP contribution is -2.32. The highest BCUT2D eigenvalue weighted by molar-refractivity contribution is 6.34. The van der Waals surface area contributed by atoms with Crippen molar-refractivity contribution in [2.45, 2.75) is 19.9 Å². The van der Waals surface area contributed by atoms with Crippen LogP contribution in [0.3, 0.4) is 0 Å². The molecule has 0 saturated carbocycles. The predicted octanol–water partition coefficient (Wildman–Crippen LogP) is 5.85. The summed E-state index contributed by atoms with van der Waals surface area (Å²) in [7, 11) is 3.83. The third-order valence-corrected chi connectivity index (χ3v) is 5.48. The van der Waals surface area contributed by atoms with Gasteiger partial charge in [-0.15, -0.1) is 0 Å². The van der Waals surface area contributed by atoms with Gasteiger partial charge in [-0.1, -0.05) is 36.7 Å². The Labute approximate surface area is 198 Å². The summed E-state index contributed by atoms with van der Waals surface area (Å²) in [6.45, 7) is 2.81. The van der Waals surface area contributed by atoms with E-state index < -0.39 is 5.82 Å². The van der Waals surface area contributed by atoms with E-state index in [1.807, 2.05) is 44.1 Å². The molecule has 0 unspecified atom stereocenters. The van der Waals surface area contributed by atoms with Crippen LogP contribution in [-0.2, 0) is 6.54 Å². The van der Waals surface area contributed by atoms with E-state index in [0.29, 0.717) is 34.9 Å². The average molecular weight is 468 g/mol. The summed E-state index contributed by atoms with van der Waals surface area (Å²) in [6, 6.07) is 18.1. The normalized spacial score (nSPS) is 10.6. The van der Waals surface area contributed by atoms with Crippen LogP contribution >= 0.6 is 11.6 Å². The Morgan fingerprint density at radius 3 is 2.42 bits per heavy atom. The molecule has 0 saturated heterocycles. The molecule has 0 spiro atoms. The van der Waals surface area contributed by atoms with Crippen molar-refractivity contribution in [1.82, 2.24) is 4.90 Å². The van der Waals surface area contributed by atoms with Crippen LogP contribution in [0.2, 0.25) is 5.02 Å². The van der Waals surface area contributed by atoms with Gasteiger partial charge in [0, 0.05) is 44.1 Å². The Balaban J connectivity index is 1.90. The molecular formula is C26H27ClFN3O2. The molecular weight excluding hydrogens is 441 g/mol. The number of anilines is 2. The van der Waals surface area contributed by atoms with E-state index in [-0.39, 0.29) is 11.8 Å². The third kappa shape index (κ3) is 6.11. The molecule has 2 amide bonds. The van der Waals surface area contributed by atoms with Crippen molar-refractivity contribution >= 4 is 34.8 Å².